The van der Waals surface area contributed by atoms with Crippen molar-refractivity contribution in [1.82, 2.24) is 19.9 Å². The van der Waals surface area contributed by atoms with Gasteiger partial charge in [0.1, 0.15) is 29.5 Å². The largest absolute Gasteiger partial charge is 0.473 e. The van der Waals surface area contributed by atoms with E-state index in [1.807, 2.05) is 0 Å². The van der Waals surface area contributed by atoms with Crippen molar-refractivity contribution in [2.45, 2.75) is 66.1 Å². The highest BCUT2D eigenvalue weighted by molar-refractivity contribution is 6.04. The quantitative estimate of drug-likeness (QED) is 0.154. The molecule has 3 heterocycles. The highest BCUT2D eigenvalue weighted by atomic mass is 19.1. The standard InChI is InChI=1S/C33H36F2N4O6/c1-7-43-31(41)26-13-9-12-25(37-26)21(17-36-32(42)45-33(4,5)6)16-28(40)30-20(3)38-39-27(30)14-19(2)15-29(39)44-18-22-23(34)10-8-11-24(22)35/h8-15,21H,7,16-18H2,1-6H3,(H,36,42). The van der Waals surface area contributed by atoms with Gasteiger partial charge >= 0.3 is 12.1 Å². The van der Waals surface area contributed by atoms with Crippen LogP contribution in [-0.2, 0) is 16.1 Å². The number of carbonyl (C=O) groups excluding carboxylic acids is 3. The average Bonchev–Trinajstić information content (AvgIpc) is 3.29. The highest BCUT2D eigenvalue weighted by Gasteiger charge is 2.26. The second-order valence-corrected chi connectivity index (χ2v) is 11.5. The number of benzene rings is 1. The highest BCUT2D eigenvalue weighted by Crippen LogP contribution is 2.28. The number of hydrogen-bond donors (Lipinski definition) is 1. The molecule has 1 N–H and O–H groups in total. The second kappa shape index (κ2) is 13.8. The Bertz CT molecular complexity index is 1710. The zero-order valence-corrected chi connectivity index (χ0v) is 26.1. The minimum atomic E-state index is -0.738. The van der Waals surface area contributed by atoms with Crippen molar-refractivity contribution in [2.24, 2.45) is 0 Å². The molecule has 1 unspecified atom stereocenters. The summed E-state index contributed by atoms with van der Waals surface area (Å²) >= 11 is 0. The number of aromatic nitrogens is 3. The van der Waals surface area contributed by atoms with Crippen LogP contribution in [0.15, 0.2) is 48.5 Å². The van der Waals surface area contributed by atoms with Crippen LogP contribution in [0.5, 0.6) is 5.88 Å². The molecule has 0 radical (unpaired) electrons. The second-order valence-electron chi connectivity index (χ2n) is 11.5. The van der Waals surface area contributed by atoms with Crippen LogP contribution in [0.1, 0.15) is 83.4 Å². The summed E-state index contributed by atoms with van der Waals surface area (Å²) in [4.78, 5) is 43.3. The SMILES string of the molecule is CCOC(=O)c1cccc(C(CNC(=O)OC(C)(C)C)CC(=O)c2c(C)nn3c(OCc4c(F)cccc4F)cc(C)cc23)n1. The van der Waals surface area contributed by atoms with Gasteiger partial charge in [-0.15, -0.1) is 0 Å². The van der Waals surface area contributed by atoms with Crippen LogP contribution < -0.4 is 10.1 Å². The molecule has 0 spiro atoms. The summed E-state index contributed by atoms with van der Waals surface area (Å²) in [6.07, 6.45) is -0.778. The zero-order chi connectivity index (χ0) is 32.9. The Hall–Kier alpha value is -4.87. The number of esters is 1. The van der Waals surface area contributed by atoms with Gasteiger partial charge in [0, 0.05) is 30.6 Å². The Labute approximate surface area is 259 Å². The summed E-state index contributed by atoms with van der Waals surface area (Å²) in [5, 5.41) is 7.20. The van der Waals surface area contributed by atoms with Gasteiger partial charge in [0.05, 0.1) is 28.9 Å². The van der Waals surface area contributed by atoms with Crippen LogP contribution in [0.4, 0.5) is 13.6 Å². The monoisotopic (exact) mass is 622 g/mol. The molecule has 0 bridgehead atoms. The Balaban J connectivity index is 1.66. The van der Waals surface area contributed by atoms with Gasteiger partial charge in [-0.2, -0.15) is 5.10 Å². The van der Waals surface area contributed by atoms with Gasteiger partial charge in [-0.25, -0.2) is 27.9 Å². The number of ether oxygens (including phenoxy) is 3. The maximum Gasteiger partial charge on any atom is 0.407 e. The molecule has 0 aliphatic carbocycles. The number of ketones is 1. The van der Waals surface area contributed by atoms with Crippen LogP contribution in [0.25, 0.3) is 5.52 Å². The topological polar surface area (TPSA) is 121 Å². The predicted molar refractivity (Wildman–Crippen MR) is 161 cm³/mol. The lowest BCUT2D eigenvalue weighted by atomic mass is 9.94. The third kappa shape index (κ3) is 8.20. The fraction of sp³-hybridized carbons (Fsp3) is 0.364. The van der Waals surface area contributed by atoms with Crippen LogP contribution in [0.3, 0.4) is 0 Å². The number of alkyl carbamates (subject to hydrolysis) is 1. The number of nitrogens with one attached hydrogen (secondary N) is 1. The number of halogens is 2. The number of fused-ring (bicyclic) bond motifs is 1. The van der Waals surface area contributed by atoms with Crippen molar-refractivity contribution in [3.05, 3.63) is 93.9 Å². The third-order valence-electron chi connectivity index (χ3n) is 6.72. The molecule has 238 valence electrons. The first-order valence-corrected chi connectivity index (χ1v) is 14.5. The molecule has 1 aromatic carbocycles. The molecule has 45 heavy (non-hydrogen) atoms. The molecule has 0 saturated heterocycles. The van der Waals surface area contributed by atoms with Gasteiger partial charge in [0.25, 0.3) is 0 Å². The van der Waals surface area contributed by atoms with E-state index >= 15 is 0 Å². The molecule has 10 nitrogen and oxygen atoms in total. The van der Waals surface area contributed by atoms with E-state index in [1.54, 1.807) is 65.8 Å². The van der Waals surface area contributed by atoms with Gasteiger partial charge in [-0.05, 0) is 77.4 Å². The lowest BCUT2D eigenvalue weighted by molar-refractivity contribution is 0.0507. The molecule has 12 heteroatoms. The molecule has 4 rings (SSSR count). The zero-order valence-electron chi connectivity index (χ0n) is 26.1. The van der Waals surface area contributed by atoms with Crippen molar-refractivity contribution >= 4 is 23.4 Å². The minimum Gasteiger partial charge on any atom is -0.473 e. The molecule has 0 aliphatic rings. The van der Waals surface area contributed by atoms with Crippen LogP contribution >= 0.6 is 0 Å². The van der Waals surface area contributed by atoms with Crippen LogP contribution in [0, 0.1) is 25.5 Å². The molecule has 0 fully saturated rings. The summed E-state index contributed by atoms with van der Waals surface area (Å²) in [6.45, 7) is 10.1. The maximum atomic E-state index is 14.2. The van der Waals surface area contributed by atoms with Crippen LogP contribution in [0.2, 0.25) is 0 Å². The third-order valence-corrected chi connectivity index (χ3v) is 6.72. The van der Waals surface area contributed by atoms with E-state index in [-0.39, 0.29) is 49.1 Å². The lowest BCUT2D eigenvalue weighted by Gasteiger charge is -2.22. The number of amides is 1. The summed E-state index contributed by atoms with van der Waals surface area (Å²) in [5.41, 5.74) is 1.38. The first kappa shape index (κ1) is 33.0. The van der Waals surface area contributed by atoms with Crippen molar-refractivity contribution in [3.63, 3.8) is 0 Å². The number of Topliss-reactive ketones (excluding diaryl/α,β-unsaturated/α-hetero) is 1. The Morgan fingerprint density at radius 1 is 1.02 bits per heavy atom. The molecule has 0 aliphatic heterocycles. The molecule has 1 amide bonds. The van der Waals surface area contributed by atoms with Gasteiger partial charge in [-0.1, -0.05) is 12.1 Å². The van der Waals surface area contributed by atoms with Crippen LogP contribution in [-0.4, -0.2) is 51.2 Å². The first-order chi connectivity index (χ1) is 21.3. The van der Waals surface area contributed by atoms with E-state index in [2.05, 4.69) is 15.4 Å². The molecule has 0 saturated carbocycles. The Morgan fingerprint density at radius 3 is 2.38 bits per heavy atom. The Kier molecular flexibility index (Phi) is 10.2. The number of pyridine rings is 2. The van der Waals surface area contributed by atoms with E-state index < -0.39 is 35.2 Å². The number of nitrogens with zero attached hydrogens (tertiary/aromatic N) is 3. The van der Waals surface area contributed by atoms with Crippen molar-refractivity contribution < 1.29 is 37.4 Å². The smallest absolute Gasteiger partial charge is 0.407 e. The van der Waals surface area contributed by atoms with E-state index in [9.17, 15) is 23.2 Å². The minimum absolute atomic E-state index is 0.0141. The Morgan fingerprint density at radius 2 is 1.71 bits per heavy atom. The van der Waals surface area contributed by atoms with Crippen molar-refractivity contribution in [2.75, 3.05) is 13.2 Å². The summed E-state index contributed by atoms with van der Waals surface area (Å²) < 4.78 is 46.1. The van der Waals surface area contributed by atoms with Gasteiger partial charge in [0.2, 0.25) is 5.88 Å². The molecule has 4 aromatic rings. The maximum absolute atomic E-state index is 14.2. The number of aryl methyl sites for hydroxylation is 2. The number of rotatable bonds is 11. The van der Waals surface area contributed by atoms with Gasteiger partial charge in [-0.3, -0.25) is 4.79 Å². The number of hydrogen-bond acceptors (Lipinski definition) is 8. The van der Waals surface area contributed by atoms with Crippen molar-refractivity contribution in [1.29, 1.82) is 0 Å². The molecule has 3 aromatic heterocycles. The predicted octanol–water partition coefficient (Wildman–Crippen LogP) is 6.26. The molecular weight excluding hydrogens is 586 g/mol. The summed E-state index contributed by atoms with van der Waals surface area (Å²) in [7, 11) is 0. The van der Waals surface area contributed by atoms with E-state index in [4.69, 9.17) is 14.2 Å². The number of carbonyl (C=O) groups is 3. The van der Waals surface area contributed by atoms with E-state index in [1.165, 1.54) is 16.6 Å². The summed E-state index contributed by atoms with van der Waals surface area (Å²) in [5.74, 6) is -2.85. The van der Waals surface area contributed by atoms with E-state index in [0.717, 1.165) is 17.7 Å². The summed E-state index contributed by atoms with van der Waals surface area (Å²) in [6, 6.07) is 11.8. The lowest BCUT2D eigenvalue weighted by Crippen LogP contribution is -2.35. The van der Waals surface area contributed by atoms with Gasteiger partial charge in [0.15, 0.2) is 5.78 Å². The van der Waals surface area contributed by atoms with E-state index in [0.29, 0.717) is 22.5 Å². The molecular formula is C33H36F2N4O6. The van der Waals surface area contributed by atoms with Crippen molar-refractivity contribution in [3.8, 4) is 5.88 Å². The fourth-order valence-electron chi connectivity index (χ4n) is 4.75. The average molecular weight is 623 g/mol. The molecule has 1 atom stereocenters. The fourth-order valence-corrected chi connectivity index (χ4v) is 4.75. The normalized spacial score (nSPS) is 12.1. The first-order valence-electron chi connectivity index (χ1n) is 14.5. The van der Waals surface area contributed by atoms with Gasteiger partial charge < -0.3 is 19.5 Å².